The fourth-order valence-electron chi connectivity index (χ4n) is 1.54. The summed E-state index contributed by atoms with van der Waals surface area (Å²) in [6, 6.07) is 7.88. The minimum absolute atomic E-state index is 0.0124. The van der Waals surface area contributed by atoms with Gasteiger partial charge in [-0.15, -0.1) is 0 Å². The Hall–Kier alpha value is -1.61. The van der Waals surface area contributed by atoms with E-state index in [0.29, 0.717) is 18.0 Å². The van der Waals surface area contributed by atoms with E-state index in [1.807, 2.05) is 36.4 Å². The van der Waals surface area contributed by atoms with Crippen LogP contribution in [0.1, 0.15) is 35.2 Å². The van der Waals surface area contributed by atoms with Gasteiger partial charge in [-0.25, -0.2) is 0 Å². The molecule has 0 aliphatic heterocycles. The van der Waals surface area contributed by atoms with Crippen molar-refractivity contribution >= 4 is 12.0 Å². The van der Waals surface area contributed by atoms with Crippen LogP contribution in [-0.4, -0.2) is 23.7 Å². The molecular weight excluding hydrogens is 214 g/mol. The Balaban J connectivity index is 1.94. The van der Waals surface area contributed by atoms with Gasteiger partial charge in [-0.05, 0) is 37.0 Å². The monoisotopic (exact) mass is 231 g/mol. The molecule has 0 bridgehead atoms. The van der Waals surface area contributed by atoms with E-state index >= 15 is 0 Å². The maximum Gasteiger partial charge on any atom is 0.251 e. The molecule has 0 atom stereocenters. The topological polar surface area (TPSA) is 49.3 Å². The van der Waals surface area contributed by atoms with Crippen LogP contribution >= 0.6 is 0 Å². The summed E-state index contributed by atoms with van der Waals surface area (Å²) in [5.41, 5.74) is 1.75. The molecule has 2 rings (SSSR count). The molecule has 1 fully saturated rings. The van der Waals surface area contributed by atoms with Crippen LogP contribution in [0.5, 0.6) is 0 Å². The van der Waals surface area contributed by atoms with E-state index in [0.717, 1.165) is 18.4 Å². The Bertz CT molecular complexity index is 405. The number of nitrogens with one attached hydrogen (secondary N) is 1. The first-order chi connectivity index (χ1) is 8.29. The molecule has 0 aromatic heterocycles. The zero-order chi connectivity index (χ0) is 12.1. The molecule has 1 aromatic carbocycles. The van der Waals surface area contributed by atoms with E-state index in [1.165, 1.54) is 0 Å². The second-order valence-corrected chi connectivity index (χ2v) is 4.28. The van der Waals surface area contributed by atoms with Gasteiger partial charge < -0.3 is 10.4 Å². The van der Waals surface area contributed by atoms with E-state index in [2.05, 4.69) is 5.32 Å². The van der Waals surface area contributed by atoms with Gasteiger partial charge in [0.1, 0.15) is 0 Å². The minimum Gasteiger partial charge on any atom is -0.396 e. The lowest BCUT2D eigenvalue weighted by molar-refractivity contribution is 0.0951. The lowest BCUT2D eigenvalue weighted by Gasteiger charge is -2.03. The average molecular weight is 231 g/mol. The van der Waals surface area contributed by atoms with Gasteiger partial charge in [0.05, 0.1) is 0 Å². The minimum atomic E-state index is 0.0124. The van der Waals surface area contributed by atoms with Gasteiger partial charge in [-0.1, -0.05) is 24.3 Å². The molecule has 0 saturated heterocycles. The van der Waals surface area contributed by atoms with Crippen molar-refractivity contribution in [1.82, 2.24) is 5.32 Å². The number of hydrogen-bond acceptors (Lipinski definition) is 2. The van der Waals surface area contributed by atoms with Crippen LogP contribution in [0.25, 0.3) is 6.08 Å². The summed E-state index contributed by atoms with van der Waals surface area (Å²) in [5.74, 6) is 0.0124. The second-order valence-electron chi connectivity index (χ2n) is 4.28. The predicted octanol–water partition coefficient (Wildman–Crippen LogP) is 1.97. The molecule has 0 spiro atoms. The van der Waals surface area contributed by atoms with E-state index in [1.54, 1.807) is 0 Å². The summed E-state index contributed by atoms with van der Waals surface area (Å²) >= 11 is 0. The molecule has 0 unspecified atom stereocenters. The molecule has 0 heterocycles. The van der Waals surface area contributed by atoms with E-state index in [4.69, 9.17) is 5.11 Å². The standard InChI is InChI=1S/C14H17NO2/c16-10-2-1-3-11-4-6-12(7-5-11)14(17)15-13-8-9-13/h1,3-7,13,16H,2,8-10H2,(H,15,17). The highest BCUT2D eigenvalue weighted by Gasteiger charge is 2.23. The fraction of sp³-hybridized carbons (Fsp3) is 0.357. The van der Waals surface area contributed by atoms with Crippen molar-refractivity contribution in [2.24, 2.45) is 0 Å². The van der Waals surface area contributed by atoms with Crippen LogP contribution in [0.2, 0.25) is 0 Å². The summed E-state index contributed by atoms with van der Waals surface area (Å²) in [4.78, 5) is 11.7. The second kappa shape index (κ2) is 5.64. The Morgan fingerprint density at radius 3 is 2.65 bits per heavy atom. The summed E-state index contributed by atoms with van der Waals surface area (Å²) in [5, 5.41) is 11.6. The third-order valence-electron chi connectivity index (χ3n) is 2.69. The lowest BCUT2D eigenvalue weighted by Crippen LogP contribution is -2.25. The first kappa shape index (κ1) is 11.9. The maximum atomic E-state index is 11.7. The van der Waals surface area contributed by atoms with Gasteiger partial charge in [0, 0.05) is 18.2 Å². The van der Waals surface area contributed by atoms with Crippen LogP contribution in [0.3, 0.4) is 0 Å². The number of benzene rings is 1. The van der Waals surface area contributed by atoms with Gasteiger partial charge in [-0.2, -0.15) is 0 Å². The molecule has 1 aliphatic carbocycles. The lowest BCUT2D eigenvalue weighted by atomic mass is 10.1. The Morgan fingerprint density at radius 2 is 2.06 bits per heavy atom. The molecule has 1 amide bonds. The zero-order valence-electron chi connectivity index (χ0n) is 9.73. The SMILES string of the molecule is O=C(NC1CC1)c1ccc(C=CCCO)cc1. The van der Waals surface area contributed by atoms with Gasteiger partial charge in [-0.3, -0.25) is 4.79 Å². The average Bonchev–Trinajstić information content (AvgIpc) is 3.14. The van der Waals surface area contributed by atoms with Crippen LogP contribution in [-0.2, 0) is 0 Å². The van der Waals surface area contributed by atoms with Crippen LogP contribution in [0, 0.1) is 0 Å². The zero-order valence-corrected chi connectivity index (χ0v) is 9.73. The Kier molecular flexibility index (Phi) is 3.94. The van der Waals surface area contributed by atoms with Crippen molar-refractivity contribution in [2.75, 3.05) is 6.61 Å². The Labute approximate surface area is 101 Å². The number of aliphatic hydroxyl groups excluding tert-OH is 1. The first-order valence-corrected chi connectivity index (χ1v) is 5.98. The van der Waals surface area contributed by atoms with Crippen molar-refractivity contribution in [1.29, 1.82) is 0 Å². The van der Waals surface area contributed by atoms with Gasteiger partial charge in [0.25, 0.3) is 5.91 Å². The molecule has 90 valence electrons. The van der Waals surface area contributed by atoms with Crippen molar-refractivity contribution in [3.05, 3.63) is 41.5 Å². The van der Waals surface area contributed by atoms with Crippen molar-refractivity contribution in [3.8, 4) is 0 Å². The number of carbonyl (C=O) groups excluding carboxylic acids is 1. The number of aliphatic hydroxyl groups is 1. The number of amides is 1. The number of rotatable bonds is 5. The quantitative estimate of drug-likeness (QED) is 0.814. The highest BCUT2D eigenvalue weighted by molar-refractivity contribution is 5.94. The van der Waals surface area contributed by atoms with E-state index in [9.17, 15) is 4.79 Å². The molecule has 1 aromatic rings. The highest BCUT2D eigenvalue weighted by atomic mass is 16.2. The Morgan fingerprint density at radius 1 is 1.35 bits per heavy atom. The summed E-state index contributed by atoms with van der Waals surface area (Å²) in [7, 11) is 0. The summed E-state index contributed by atoms with van der Waals surface area (Å²) in [6.07, 6.45) is 6.73. The number of carbonyl (C=O) groups is 1. The molecule has 2 N–H and O–H groups in total. The van der Waals surface area contributed by atoms with Crippen molar-refractivity contribution in [2.45, 2.75) is 25.3 Å². The van der Waals surface area contributed by atoms with Gasteiger partial charge in [0.2, 0.25) is 0 Å². The van der Waals surface area contributed by atoms with Crippen LogP contribution < -0.4 is 5.32 Å². The van der Waals surface area contributed by atoms with Gasteiger partial charge >= 0.3 is 0 Å². The van der Waals surface area contributed by atoms with Crippen molar-refractivity contribution < 1.29 is 9.90 Å². The molecule has 3 heteroatoms. The molecule has 3 nitrogen and oxygen atoms in total. The fourth-order valence-corrected chi connectivity index (χ4v) is 1.54. The predicted molar refractivity (Wildman–Crippen MR) is 67.7 cm³/mol. The molecule has 17 heavy (non-hydrogen) atoms. The number of hydrogen-bond donors (Lipinski definition) is 2. The third kappa shape index (κ3) is 3.71. The van der Waals surface area contributed by atoms with Crippen LogP contribution in [0.4, 0.5) is 0 Å². The first-order valence-electron chi connectivity index (χ1n) is 5.98. The molecule has 1 saturated carbocycles. The van der Waals surface area contributed by atoms with E-state index < -0.39 is 0 Å². The maximum absolute atomic E-state index is 11.7. The summed E-state index contributed by atoms with van der Waals surface area (Å²) in [6.45, 7) is 0.165. The molecule has 1 aliphatic rings. The smallest absolute Gasteiger partial charge is 0.251 e. The van der Waals surface area contributed by atoms with Crippen LogP contribution in [0.15, 0.2) is 30.3 Å². The van der Waals surface area contributed by atoms with E-state index in [-0.39, 0.29) is 12.5 Å². The molecule has 0 radical (unpaired) electrons. The largest absolute Gasteiger partial charge is 0.396 e. The summed E-state index contributed by atoms with van der Waals surface area (Å²) < 4.78 is 0. The third-order valence-corrected chi connectivity index (χ3v) is 2.69. The van der Waals surface area contributed by atoms with Gasteiger partial charge in [0.15, 0.2) is 0 Å². The van der Waals surface area contributed by atoms with Crippen molar-refractivity contribution in [3.63, 3.8) is 0 Å². The molecular formula is C14H17NO2. The highest BCUT2D eigenvalue weighted by Crippen LogP contribution is 2.19. The normalized spacial score (nSPS) is 15.1.